The van der Waals surface area contributed by atoms with Crippen molar-refractivity contribution in [3.05, 3.63) is 34.2 Å². The van der Waals surface area contributed by atoms with Crippen molar-refractivity contribution >= 4 is 6.29 Å². The maximum absolute atomic E-state index is 11.5. The number of hydrogen-bond donors (Lipinski definition) is 0. The van der Waals surface area contributed by atoms with Crippen LogP contribution in [0, 0.1) is 0 Å². The summed E-state index contributed by atoms with van der Waals surface area (Å²) in [5.74, 6) is 0. The van der Waals surface area contributed by atoms with E-state index >= 15 is 0 Å². The number of nitrogens with zero attached hydrogens (tertiary/aromatic N) is 1. The lowest BCUT2D eigenvalue weighted by molar-refractivity contribution is 0.112. The third-order valence-corrected chi connectivity index (χ3v) is 1.92. The molecule has 1 aromatic heterocycles. The van der Waals surface area contributed by atoms with Gasteiger partial charge < -0.3 is 9.30 Å². The quantitative estimate of drug-likeness (QED) is 0.513. The molecule has 0 aliphatic rings. The van der Waals surface area contributed by atoms with E-state index in [-0.39, 0.29) is 11.1 Å². The highest BCUT2D eigenvalue weighted by Gasteiger charge is 2.00. The van der Waals surface area contributed by atoms with Crippen LogP contribution in [0.25, 0.3) is 0 Å². The van der Waals surface area contributed by atoms with Gasteiger partial charge >= 0.3 is 0 Å². The number of carbonyl (C=O) groups is 1. The van der Waals surface area contributed by atoms with Gasteiger partial charge in [-0.25, -0.2) is 0 Å². The molecule has 0 saturated heterocycles. The molecule has 0 radical (unpaired) electrons. The van der Waals surface area contributed by atoms with Gasteiger partial charge in [0.15, 0.2) is 6.29 Å². The van der Waals surface area contributed by atoms with Crippen LogP contribution in [0.2, 0.25) is 0 Å². The van der Waals surface area contributed by atoms with E-state index in [9.17, 15) is 9.59 Å². The summed E-state index contributed by atoms with van der Waals surface area (Å²) in [6, 6.07) is 3.21. The van der Waals surface area contributed by atoms with Crippen LogP contribution < -0.4 is 5.56 Å². The largest absolute Gasteiger partial charge is 0.385 e. The Morgan fingerprint density at radius 2 is 2.36 bits per heavy atom. The van der Waals surface area contributed by atoms with Gasteiger partial charge in [-0.1, -0.05) is 0 Å². The minimum Gasteiger partial charge on any atom is -0.385 e. The van der Waals surface area contributed by atoms with E-state index in [1.165, 1.54) is 10.6 Å². The van der Waals surface area contributed by atoms with E-state index < -0.39 is 0 Å². The van der Waals surface area contributed by atoms with Crippen LogP contribution in [0.3, 0.4) is 0 Å². The monoisotopic (exact) mass is 195 g/mol. The van der Waals surface area contributed by atoms with Crippen molar-refractivity contribution in [1.29, 1.82) is 0 Å². The number of pyridine rings is 1. The van der Waals surface area contributed by atoms with Crippen molar-refractivity contribution in [2.24, 2.45) is 0 Å². The highest BCUT2D eigenvalue weighted by Crippen LogP contribution is 1.91. The minimum absolute atomic E-state index is 0.199. The second-order valence-corrected chi connectivity index (χ2v) is 2.93. The summed E-state index contributed by atoms with van der Waals surface area (Å²) in [7, 11) is 1.62. The van der Waals surface area contributed by atoms with Crippen LogP contribution in [-0.4, -0.2) is 24.6 Å². The molecule has 0 bridgehead atoms. The fourth-order valence-corrected chi connectivity index (χ4v) is 1.20. The Morgan fingerprint density at radius 3 is 3.00 bits per heavy atom. The number of aldehydes is 1. The summed E-state index contributed by atoms with van der Waals surface area (Å²) in [6.07, 6.45) is 3.01. The molecule has 0 aromatic carbocycles. The number of carbonyl (C=O) groups excluding carboxylic acids is 1. The molecule has 0 unspecified atom stereocenters. The van der Waals surface area contributed by atoms with E-state index in [1.807, 2.05) is 0 Å². The predicted molar refractivity (Wildman–Crippen MR) is 52.6 cm³/mol. The summed E-state index contributed by atoms with van der Waals surface area (Å²) >= 11 is 0. The first kappa shape index (κ1) is 10.7. The Hall–Kier alpha value is -1.42. The smallest absolute Gasteiger partial charge is 0.261 e. The van der Waals surface area contributed by atoms with Gasteiger partial charge in [-0.3, -0.25) is 9.59 Å². The fourth-order valence-electron chi connectivity index (χ4n) is 1.20. The van der Waals surface area contributed by atoms with Crippen molar-refractivity contribution in [1.82, 2.24) is 4.57 Å². The molecule has 0 saturated carbocycles. The summed E-state index contributed by atoms with van der Waals surface area (Å²) in [5, 5.41) is 0. The minimum atomic E-state index is -0.237. The second-order valence-electron chi connectivity index (χ2n) is 2.93. The molecule has 0 aliphatic heterocycles. The summed E-state index contributed by atoms with van der Waals surface area (Å²) < 4.78 is 6.39. The molecule has 76 valence electrons. The maximum atomic E-state index is 11.5. The number of aromatic nitrogens is 1. The molecule has 0 spiro atoms. The number of rotatable bonds is 5. The standard InChI is InChI=1S/C10H13NO3/c1-14-7-3-6-11-5-2-4-9(8-12)10(11)13/h2,4-5,8H,3,6-7H2,1H3. The molecule has 0 amide bonds. The summed E-state index contributed by atoms with van der Waals surface area (Å²) in [5.41, 5.74) is -0.0384. The lowest BCUT2D eigenvalue weighted by Gasteiger charge is -2.04. The number of aryl methyl sites for hydroxylation is 1. The highest BCUT2D eigenvalue weighted by molar-refractivity contribution is 5.73. The molecule has 1 rings (SSSR count). The van der Waals surface area contributed by atoms with E-state index in [4.69, 9.17) is 4.74 Å². The van der Waals surface area contributed by atoms with Crippen molar-refractivity contribution < 1.29 is 9.53 Å². The SMILES string of the molecule is COCCCn1cccc(C=O)c1=O. The van der Waals surface area contributed by atoms with E-state index in [0.29, 0.717) is 19.4 Å². The van der Waals surface area contributed by atoms with E-state index in [0.717, 1.165) is 6.42 Å². The first-order chi connectivity index (χ1) is 6.79. The van der Waals surface area contributed by atoms with Crippen LogP contribution in [0.5, 0.6) is 0 Å². The Kier molecular flexibility index (Phi) is 4.07. The zero-order valence-electron chi connectivity index (χ0n) is 8.10. The lowest BCUT2D eigenvalue weighted by Crippen LogP contribution is -2.23. The molecule has 14 heavy (non-hydrogen) atoms. The van der Waals surface area contributed by atoms with Crippen molar-refractivity contribution in [3.8, 4) is 0 Å². The normalized spacial score (nSPS) is 10.1. The summed E-state index contributed by atoms with van der Waals surface area (Å²) in [4.78, 5) is 22.0. The number of methoxy groups -OCH3 is 1. The Bertz CT molecular complexity index is 357. The van der Waals surface area contributed by atoms with Crippen LogP contribution in [0.15, 0.2) is 23.1 Å². The van der Waals surface area contributed by atoms with Crippen LogP contribution >= 0.6 is 0 Å². The van der Waals surface area contributed by atoms with Gasteiger partial charge in [-0.05, 0) is 18.6 Å². The van der Waals surface area contributed by atoms with Crippen molar-refractivity contribution in [2.45, 2.75) is 13.0 Å². The average Bonchev–Trinajstić information content (AvgIpc) is 2.21. The van der Waals surface area contributed by atoms with Crippen LogP contribution in [-0.2, 0) is 11.3 Å². The molecule has 4 heteroatoms. The van der Waals surface area contributed by atoms with Crippen LogP contribution in [0.4, 0.5) is 0 Å². The van der Waals surface area contributed by atoms with Gasteiger partial charge in [0.05, 0.1) is 5.56 Å². The Labute approximate surface area is 82.1 Å². The van der Waals surface area contributed by atoms with E-state index in [2.05, 4.69) is 0 Å². The van der Waals surface area contributed by atoms with Gasteiger partial charge in [-0.15, -0.1) is 0 Å². The van der Waals surface area contributed by atoms with Gasteiger partial charge in [0, 0.05) is 26.5 Å². The average molecular weight is 195 g/mol. The van der Waals surface area contributed by atoms with Gasteiger partial charge in [0.1, 0.15) is 0 Å². The maximum Gasteiger partial charge on any atom is 0.261 e. The first-order valence-corrected chi connectivity index (χ1v) is 4.43. The predicted octanol–water partition coefficient (Wildman–Crippen LogP) is 0.697. The highest BCUT2D eigenvalue weighted by atomic mass is 16.5. The first-order valence-electron chi connectivity index (χ1n) is 4.43. The second kappa shape index (κ2) is 5.34. The number of ether oxygens (including phenoxy) is 1. The van der Waals surface area contributed by atoms with Gasteiger partial charge in [0.25, 0.3) is 5.56 Å². The van der Waals surface area contributed by atoms with E-state index in [1.54, 1.807) is 19.4 Å². The lowest BCUT2D eigenvalue weighted by atomic mass is 10.3. The fraction of sp³-hybridized carbons (Fsp3) is 0.400. The third kappa shape index (κ3) is 2.53. The molecule has 0 fully saturated rings. The molecule has 4 nitrogen and oxygen atoms in total. The zero-order chi connectivity index (χ0) is 10.4. The third-order valence-electron chi connectivity index (χ3n) is 1.92. The van der Waals surface area contributed by atoms with Crippen molar-refractivity contribution in [3.63, 3.8) is 0 Å². The molecule has 0 atom stereocenters. The van der Waals surface area contributed by atoms with Gasteiger partial charge in [0.2, 0.25) is 0 Å². The molecule has 1 aromatic rings. The topological polar surface area (TPSA) is 48.3 Å². The van der Waals surface area contributed by atoms with Gasteiger partial charge in [-0.2, -0.15) is 0 Å². The number of hydrogen-bond acceptors (Lipinski definition) is 3. The molecular formula is C10H13NO3. The molecule has 1 heterocycles. The molecular weight excluding hydrogens is 182 g/mol. The molecule has 0 N–H and O–H groups in total. The molecule has 0 aliphatic carbocycles. The zero-order valence-corrected chi connectivity index (χ0v) is 8.10. The Morgan fingerprint density at radius 1 is 1.57 bits per heavy atom. The Balaban J connectivity index is 2.77. The summed E-state index contributed by atoms with van der Waals surface area (Å²) in [6.45, 7) is 1.19. The van der Waals surface area contributed by atoms with Crippen molar-refractivity contribution in [2.75, 3.05) is 13.7 Å². The van der Waals surface area contributed by atoms with Crippen LogP contribution in [0.1, 0.15) is 16.8 Å².